The lowest BCUT2D eigenvalue weighted by atomic mass is 10.00. The van der Waals surface area contributed by atoms with Crippen molar-refractivity contribution in [1.29, 1.82) is 0 Å². The Balaban J connectivity index is 2.32. The Morgan fingerprint density at radius 2 is 2.19 bits per heavy atom. The maximum Gasteiger partial charge on any atom is 0.409 e. The second kappa shape index (κ2) is 4.52. The van der Waals surface area contributed by atoms with E-state index in [1.54, 1.807) is 11.0 Å². The molecule has 0 saturated heterocycles. The van der Waals surface area contributed by atoms with Crippen LogP contribution < -0.4 is 0 Å². The van der Waals surface area contributed by atoms with Gasteiger partial charge in [-0.1, -0.05) is 29.3 Å². The highest BCUT2D eigenvalue weighted by Crippen LogP contribution is 2.32. The van der Waals surface area contributed by atoms with Crippen LogP contribution in [0, 0.1) is 0 Å². The topological polar surface area (TPSA) is 29.5 Å². The zero-order valence-electron chi connectivity index (χ0n) is 8.80. The SMILES string of the molecule is COC(=O)N1CCc2ccc(Cl)c(Cl)c2C1. The molecule has 0 spiro atoms. The highest BCUT2D eigenvalue weighted by Gasteiger charge is 2.23. The van der Waals surface area contributed by atoms with Gasteiger partial charge in [0.1, 0.15) is 0 Å². The van der Waals surface area contributed by atoms with E-state index in [2.05, 4.69) is 4.74 Å². The number of amides is 1. The third kappa shape index (κ3) is 1.97. The summed E-state index contributed by atoms with van der Waals surface area (Å²) in [5.41, 5.74) is 2.07. The lowest BCUT2D eigenvalue weighted by molar-refractivity contribution is 0.118. The van der Waals surface area contributed by atoms with Crippen molar-refractivity contribution in [3.05, 3.63) is 33.3 Å². The number of carbonyl (C=O) groups excluding carboxylic acids is 1. The fraction of sp³-hybridized carbons (Fsp3) is 0.364. The number of methoxy groups -OCH3 is 1. The molecule has 0 atom stereocenters. The first-order chi connectivity index (χ1) is 7.63. The third-order valence-corrected chi connectivity index (χ3v) is 3.57. The Labute approximate surface area is 104 Å². The largest absolute Gasteiger partial charge is 0.453 e. The molecule has 3 nitrogen and oxygen atoms in total. The van der Waals surface area contributed by atoms with Gasteiger partial charge in [0, 0.05) is 6.54 Å². The number of ether oxygens (including phenoxy) is 1. The maximum absolute atomic E-state index is 11.4. The van der Waals surface area contributed by atoms with Crippen LogP contribution in [0.5, 0.6) is 0 Å². The molecule has 1 aromatic rings. The van der Waals surface area contributed by atoms with Gasteiger partial charge in [0.05, 0.1) is 23.7 Å². The first-order valence-corrected chi connectivity index (χ1v) is 5.67. The molecule has 86 valence electrons. The van der Waals surface area contributed by atoms with Gasteiger partial charge in [-0.15, -0.1) is 0 Å². The van der Waals surface area contributed by atoms with Crippen LogP contribution in [0.3, 0.4) is 0 Å². The molecular weight excluding hydrogens is 249 g/mol. The summed E-state index contributed by atoms with van der Waals surface area (Å²) < 4.78 is 4.69. The van der Waals surface area contributed by atoms with Gasteiger partial charge in [-0.25, -0.2) is 4.79 Å². The Hall–Kier alpha value is -0.930. The number of fused-ring (bicyclic) bond motifs is 1. The summed E-state index contributed by atoms with van der Waals surface area (Å²) in [7, 11) is 1.37. The van der Waals surface area contributed by atoms with E-state index in [-0.39, 0.29) is 6.09 Å². The van der Waals surface area contributed by atoms with E-state index in [0.717, 1.165) is 17.5 Å². The van der Waals surface area contributed by atoms with Crippen molar-refractivity contribution in [2.75, 3.05) is 13.7 Å². The van der Waals surface area contributed by atoms with Crippen molar-refractivity contribution < 1.29 is 9.53 Å². The summed E-state index contributed by atoms with van der Waals surface area (Å²) in [6.45, 7) is 1.11. The minimum absolute atomic E-state index is 0.332. The Morgan fingerprint density at radius 1 is 1.44 bits per heavy atom. The fourth-order valence-corrected chi connectivity index (χ4v) is 2.27. The van der Waals surface area contributed by atoms with E-state index in [1.807, 2.05) is 6.07 Å². The van der Waals surface area contributed by atoms with E-state index >= 15 is 0 Å². The smallest absolute Gasteiger partial charge is 0.409 e. The third-order valence-electron chi connectivity index (χ3n) is 2.73. The second-order valence-electron chi connectivity index (χ2n) is 3.64. The summed E-state index contributed by atoms with van der Waals surface area (Å²) in [6.07, 6.45) is 0.447. The highest BCUT2D eigenvalue weighted by molar-refractivity contribution is 6.42. The summed E-state index contributed by atoms with van der Waals surface area (Å²) >= 11 is 12.1. The monoisotopic (exact) mass is 259 g/mol. The first-order valence-electron chi connectivity index (χ1n) is 4.92. The minimum atomic E-state index is -0.332. The Kier molecular flexibility index (Phi) is 3.26. The Morgan fingerprint density at radius 3 is 2.88 bits per heavy atom. The van der Waals surface area contributed by atoms with Crippen molar-refractivity contribution in [3.63, 3.8) is 0 Å². The van der Waals surface area contributed by atoms with Gasteiger partial charge in [0.25, 0.3) is 0 Å². The molecule has 1 aromatic carbocycles. The number of benzene rings is 1. The number of rotatable bonds is 0. The van der Waals surface area contributed by atoms with Gasteiger partial charge in [-0.2, -0.15) is 0 Å². The van der Waals surface area contributed by atoms with Crippen molar-refractivity contribution >= 4 is 29.3 Å². The van der Waals surface area contributed by atoms with Crippen molar-refractivity contribution in [2.45, 2.75) is 13.0 Å². The van der Waals surface area contributed by atoms with Gasteiger partial charge >= 0.3 is 6.09 Å². The molecule has 16 heavy (non-hydrogen) atoms. The van der Waals surface area contributed by atoms with Crippen LogP contribution in [-0.4, -0.2) is 24.6 Å². The first kappa shape index (κ1) is 11.6. The molecular formula is C11H11Cl2NO2. The van der Waals surface area contributed by atoms with Gasteiger partial charge < -0.3 is 9.64 Å². The summed E-state index contributed by atoms with van der Waals surface area (Å²) in [6, 6.07) is 3.74. The molecule has 1 aliphatic heterocycles. The molecule has 0 aliphatic carbocycles. The number of nitrogens with zero attached hydrogens (tertiary/aromatic N) is 1. The fourth-order valence-electron chi connectivity index (χ4n) is 1.85. The number of hydrogen-bond acceptors (Lipinski definition) is 2. The second-order valence-corrected chi connectivity index (χ2v) is 4.43. The predicted octanol–water partition coefficient (Wildman–Crippen LogP) is 3.12. The van der Waals surface area contributed by atoms with Crippen LogP contribution in [0.1, 0.15) is 11.1 Å². The molecule has 5 heteroatoms. The van der Waals surface area contributed by atoms with Crippen LogP contribution in [0.25, 0.3) is 0 Å². The van der Waals surface area contributed by atoms with Gasteiger partial charge in [0.2, 0.25) is 0 Å². The molecule has 0 saturated carbocycles. The zero-order chi connectivity index (χ0) is 11.7. The summed E-state index contributed by atoms with van der Waals surface area (Å²) in [5.74, 6) is 0. The van der Waals surface area contributed by atoms with Crippen LogP contribution in [0.15, 0.2) is 12.1 Å². The lowest BCUT2D eigenvalue weighted by Crippen LogP contribution is -2.35. The molecule has 1 aliphatic rings. The Bertz CT molecular complexity index is 434. The van der Waals surface area contributed by atoms with Gasteiger partial charge in [-0.05, 0) is 23.6 Å². The lowest BCUT2D eigenvalue weighted by Gasteiger charge is -2.28. The molecule has 1 amide bonds. The molecule has 1 heterocycles. The number of halogens is 2. The van der Waals surface area contributed by atoms with Crippen LogP contribution in [-0.2, 0) is 17.7 Å². The average Bonchev–Trinajstić information content (AvgIpc) is 2.32. The van der Waals surface area contributed by atoms with Crippen molar-refractivity contribution in [3.8, 4) is 0 Å². The zero-order valence-corrected chi connectivity index (χ0v) is 10.3. The quantitative estimate of drug-likeness (QED) is 0.717. The van der Waals surface area contributed by atoms with E-state index in [0.29, 0.717) is 23.1 Å². The van der Waals surface area contributed by atoms with E-state index in [1.165, 1.54) is 7.11 Å². The van der Waals surface area contributed by atoms with Crippen LogP contribution >= 0.6 is 23.2 Å². The number of hydrogen-bond donors (Lipinski definition) is 0. The standard InChI is InChI=1S/C11H11Cl2NO2/c1-16-11(15)14-5-4-7-2-3-9(12)10(13)8(7)6-14/h2-3H,4-6H2,1H3. The van der Waals surface area contributed by atoms with Crippen LogP contribution in [0.4, 0.5) is 4.79 Å². The summed E-state index contributed by atoms with van der Waals surface area (Å²) in [5, 5.41) is 1.06. The molecule has 2 rings (SSSR count). The molecule has 0 fully saturated rings. The molecule has 0 aromatic heterocycles. The van der Waals surface area contributed by atoms with E-state index in [4.69, 9.17) is 23.2 Å². The molecule has 0 bridgehead atoms. The average molecular weight is 260 g/mol. The van der Waals surface area contributed by atoms with E-state index < -0.39 is 0 Å². The predicted molar refractivity (Wildman–Crippen MR) is 63.0 cm³/mol. The normalized spacial score (nSPS) is 14.6. The summed E-state index contributed by atoms with van der Waals surface area (Å²) in [4.78, 5) is 13.0. The van der Waals surface area contributed by atoms with Crippen molar-refractivity contribution in [2.24, 2.45) is 0 Å². The minimum Gasteiger partial charge on any atom is -0.453 e. The van der Waals surface area contributed by atoms with E-state index in [9.17, 15) is 4.79 Å². The molecule has 0 unspecified atom stereocenters. The number of carbonyl (C=O) groups is 1. The van der Waals surface area contributed by atoms with Crippen LogP contribution in [0.2, 0.25) is 10.0 Å². The molecule has 0 N–H and O–H groups in total. The van der Waals surface area contributed by atoms with Crippen molar-refractivity contribution in [1.82, 2.24) is 4.90 Å². The molecule has 0 radical (unpaired) electrons. The highest BCUT2D eigenvalue weighted by atomic mass is 35.5. The maximum atomic E-state index is 11.4. The van der Waals surface area contributed by atoms with Gasteiger partial charge in [0.15, 0.2) is 0 Å². The van der Waals surface area contributed by atoms with Gasteiger partial charge in [-0.3, -0.25) is 0 Å².